The molecule has 2 heterocycles. The molecule has 19 heavy (non-hydrogen) atoms. The van der Waals surface area contributed by atoms with Crippen LogP contribution in [0.15, 0.2) is 18.3 Å². The fourth-order valence-corrected chi connectivity index (χ4v) is 2.44. The molecule has 2 aromatic heterocycles. The standard InChI is InChI=1S/C11H11F4N3S/c1-18-10(11(13,14)15)7(5-17-18)4-16-6-8-2-3-9(12)19-8/h2-3,5,16H,4,6H2,1H3. The highest BCUT2D eigenvalue weighted by Crippen LogP contribution is 2.31. The first-order valence-corrected chi connectivity index (χ1v) is 6.22. The zero-order valence-corrected chi connectivity index (χ0v) is 10.8. The molecule has 8 heteroatoms. The number of halogens is 4. The van der Waals surface area contributed by atoms with Gasteiger partial charge in [-0.1, -0.05) is 0 Å². The van der Waals surface area contributed by atoms with E-state index < -0.39 is 11.9 Å². The van der Waals surface area contributed by atoms with E-state index in [1.165, 1.54) is 19.3 Å². The molecule has 0 radical (unpaired) electrons. The van der Waals surface area contributed by atoms with E-state index in [-0.39, 0.29) is 17.2 Å². The lowest BCUT2D eigenvalue weighted by molar-refractivity contribution is -0.144. The van der Waals surface area contributed by atoms with Gasteiger partial charge < -0.3 is 5.32 Å². The Bertz CT molecular complexity index is 559. The van der Waals surface area contributed by atoms with Crippen molar-refractivity contribution in [2.45, 2.75) is 19.3 Å². The van der Waals surface area contributed by atoms with Crippen LogP contribution in [0.25, 0.3) is 0 Å². The van der Waals surface area contributed by atoms with Crippen LogP contribution in [-0.2, 0) is 26.3 Å². The van der Waals surface area contributed by atoms with Crippen LogP contribution in [0.1, 0.15) is 16.1 Å². The SMILES string of the molecule is Cn1ncc(CNCc2ccc(F)s2)c1C(F)(F)F. The van der Waals surface area contributed by atoms with Gasteiger partial charge in [-0.25, -0.2) is 0 Å². The number of nitrogens with zero attached hydrogens (tertiary/aromatic N) is 2. The van der Waals surface area contributed by atoms with E-state index in [1.54, 1.807) is 6.07 Å². The first kappa shape index (κ1) is 14.0. The molecule has 0 amide bonds. The van der Waals surface area contributed by atoms with Gasteiger partial charge in [-0.15, -0.1) is 11.3 Å². The van der Waals surface area contributed by atoms with Crippen molar-refractivity contribution in [3.63, 3.8) is 0 Å². The summed E-state index contributed by atoms with van der Waals surface area (Å²) >= 11 is 0.966. The topological polar surface area (TPSA) is 29.9 Å². The number of aryl methyl sites for hydroxylation is 1. The summed E-state index contributed by atoms with van der Waals surface area (Å²) in [4.78, 5) is 0.731. The Kier molecular flexibility index (Phi) is 3.91. The molecule has 0 spiro atoms. The van der Waals surface area contributed by atoms with E-state index in [4.69, 9.17) is 0 Å². The lowest BCUT2D eigenvalue weighted by atomic mass is 10.2. The number of alkyl halides is 3. The zero-order chi connectivity index (χ0) is 14.0. The van der Waals surface area contributed by atoms with Gasteiger partial charge in [0.1, 0.15) is 5.69 Å². The van der Waals surface area contributed by atoms with Crippen LogP contribution in [0.4, 0.5) is 17.6 Å². The Balaban J connectivity index is 2.00. The second-order valence-corrected chi connectivity index (χ2v) is 5.07. The minimum absolute atomic E-state index is 0.0300. The molecule has 0 aliphatic heterocycles. The molecule has 3 nitrogen and oxygen atoms in total. The monoisotopic (exact) mass is 293 g/mol. The molecule has 0 bridgehead atoms. The molecule has 2 aromatic rings. The smallest absolute Gasteiger partial charge is 0.308 e. The Labute approximate surface area is 110 Å². The summed E-state index contributed by atoms with van der Waals surface area (Å²) in [7, 11) is 1.25. The van der Waals surface area contributed by atoms with Crippen LogP contribution in [0.5, 0.6) is 0 Å². The third-order valence-corrected chi connectivity index (χ3v) is 3.40. The van der Waals surface area contributed by atoms with E-state index in [9.17, 15) is 17.6 Å². The third kappa shape index (κ3) is 3.32. The van der Waals surface area contributed by atoms with E-state index in [0.717, 1.165) is 20.9 Å². The third-order valence-electron chi connectivity index (χ3n) is 2.53. The number of nitrogens with one attached hydrogen (secondary N) is 1. The molecule has 2 rings (SSSR count). The summed E-state index contributed by atoms with van der Waals surface area (Å²) in [6, 6.07) is 2.92. The van der Waals surface area contributed by atoms with Crippen molar-refractivity contribution in [3.8, 4) is 0 Å². The van der Waals surface area contributed by atoms with Crippen molar-refractivity contribution in [2.75, 3.05) is 0 Å². The van der Waals surface area contributed by atoms with Crippen molar-refractivity contribution in [2.24, 2.45) is 7.05 Å². The summed E-state index contributed by atoms with van der Waals surface area (Å²) in [5.74, 6) is 0. The van der Waals surface area contributed by atoms with Gasteiger partial charge >= 0.3 is 6.18 Å². The first-order valence-electron chi connectivity index (χ1n) is 5.41. The maximum Gasteiger partial charge on any atom is 0.433 e. The number of hydrogen-bond acceptors (Lipinski definition) is 3. The largest absolute Gasteiger partial charge is 0.433 e. The highest BCUT2D eigenvalue weighted by atomic mass is 32.1. The van der Waals surface area contributed by atoms with Gasteiger partial charge in [0.2, 0.25) is 0 Å². The molecule has 0 aromatic carbocycles. The van der Waals surface area contributed by atoms with Crippen LogP contribution in [0, 0.1) is 5.13 Å². The Morgan fingerprint density at radius 3 is 2.63 bits per heavy atom. The van der Waals surface area contributed by atoms with Crippen LogP contribution < -0.4 is 5.32 Å². The maximum absolute atomic E-state index is 12.8. The van der Waals surface area contributed by atoms with Crippen molar-refractivity contribution in [1.29, 1.82) is 0 Å². The second kappa shape index (κ2) is 5.30. The van der Waals surface area contributed by atoms with Crippen molar-refractivity contribution >= 4 is 11.3 Å². The predicted octanol–water partition coefficient (Wildman–Crippen LogP) is 2.93. The van der Waals surface area contributed by atoms with Crippen LogP contribution >= 0.6 is 11.3 Å². The minimum Gasteiger partial charge on any atom is -0.308 e. The predicted molar refractivity (Wildman–Crippen MR) is 63.0 cm³/mol. The van der Waals surface area contributed by atoms with Gasteiger partial charge in [-0.05, 0) is 12.1 Å². The normalized spacial score (nSPS) is 12.1. The second-order valence-electron chi connectivity index (χ2n) is 3.95. The van der Waals surface area contributed by atoms with Gasteiger partial charge in [0.05, 0.1) is 6.20 Å². The Morgan fingerprint density at radius 2 is 2.05 bits per heavy atom. The van der Waals surface area contributed by atoms with Crippen LogP contribution in [-0.4, -0.2) is 9.78 Å². The molecule has 0 unspecified atom stereocenters. The minimum atomic E-state index is -4.43. The Hall–Kier alpha value is -1.41. The molecule has 0 aliphatic carbocycles. The number of rotatable bonds is 4. The summed E-state index contributed by atoms with van der Waals surface area (Å²) < 4.78 is 51.8. The van der Waals surface area contributed by atoms with E-state index >= 15 is 0 Å². The average Bonchev–Trinajstić information content (AvgIpc) is 2.85. The van der Waals surface area contributed by atoms with E-state index in [2.05, 4.69) is 10.4 Å². The fourth-order valence-electron chi connectivity index (χ4n) is 1.75. The van der Waals surface area contributed by atoms with Gasteiger partial charge in [0, 0.05) is 30.6 Å². The van der Waals surface area contributed by atoms with Gasteiger partial charge in [-0.2, -0.15) is 22.7 Å². The van der Waals surface area contributed by atoms with Gasteiger partial charge in [-0.3, -0.25) is 4.68 Å². The molecule has 0 aliphatic rings. The molecule has 0 saturated heterocycles. The molecular weight excluding hydrogens is 282 g/mol. The molecule has 1 N–H and O–H groups in total. The van der Waals surface area contributed by atoms with E-state index in [1.807, 2.05) is 0 Å². The summed E-state index contributed by atoms with van der Waals surface area (Å²) in [6.07, 6.45) is -3.25. The number of thiophene rings is 1. The van der Waals surface area contributed by atoms with Crippen LogP contribution in [0.3, 0.4) is 0 Å². The number of aromatic nitrogens is 2. The summed E-state index contributed by atoms with van der Waals surface area (Å²) in [5.41, 5.74) is -0.690. The van der Waals surface area contributed by atoms with Crippen molar-refractivity contribution < 1.29 is 17.6 Å². The lowest BCUT2D eigenvalue weighted by Crippen LogP contribution is -2.18. The first-order chi connectivity index (χ1) is 8.88. The maximum atomic E-state index is 12.8. The quantitative estimate of drug-likeness (QED) is 0.878. The van der Waals surface area contributed by atoms with Gasteiger partial charge in [0.25, 0.3) is 0 Å². The lowest BCUT2D eigenvalue weighted by Gasteiger charge is -2.10. The molecule has 0 fully saturated rings. The highest BCUT2D eigenvalue weighted by molar-refractivity contribution is 7.10. The van der Waals surface area contributed by atoms with Crippen molar-refractivity contribution in [1.82, 2.24) is 15.1 Å². The fraction of sp³-hybridized carbons (Fsp3) is 0.364. The average molecular weight is 293 g/mol. The molecule has 0 saturated carbocycles. The van der Waals surface area contributed by atoms with Crippen molar-refractivity contribution in [3.05, 3.63) is 39.6 Å². The summed E-state index contributed by atoms with van der Waals surface area (Å²) in [5, 5.41) is 6.15. The van der Waals surface area contributed by atoms with Crippen LogP contribution in [0.2, 0.25) is 0 Å². The number of hydrogen-bond donors (Lipinski definition) is 1. The zero-order valence-electron chi connectivity index (χ0n) is 9.96. The molecule has 104 valence electrons. The Morgan fingerprint density at radius 1 is 1.32 bits per heavy atom. The highest BCUT2D eigenvalue weighted by Gasteiger charge is 2.36. The molecular formula is C11H11F4N3S. The summed E-state index contributed by atoms with van der Waals surface area (Å²) in [6.45, 7) is 0.350. The molecule has 0 atom stereocenters. The van der Waals surface area contributed by atoms with Gasteiger partial charge in [0.15, 0.2) is 5.13 Å². The van der Waals surface area contributed by atoms with E-state index in [0.29, 0.717) is 6.54 Å².